The van der Waals surface area contributed by atoms with Crippen LogP contribution < -0.4 is 0 Å². The molecule has 1 radical (unpaired) electrons. The number of carboxylic acids is 4. The molecule has 0 bridgehead atoms. The SMILES string of the molecule is CC.O=C(O)c1ccccc1C(=O)O.O=C(O)c1ccccc1C(=O)O.[2H]C.[2H][2H].[CH3-].[CH3-].[Y]. The quantitative estimate of drug-likeness (QED) is 0.428. The summed E-state index contributed by atoms with van der Waals surface area (Å²) in [6, 6.07) is 11.0. The summed E-state index contributed by atoms with van der Waals surface area (Å²) in [7, 11) is 1.25. The summed E-state index contributed by atoms with van der Waals surface area (Å²) in [5.74, 6) is -4.91. The van der Waals surface area contributed by atoms with Crippen molar-refractivity contribution in [2.45, 2.75) is 21.3 Å². The van der Waals surface area contributed by atoms with Crippen molar-refractivity contribution in [1.29, 1.82) is 0 Å². The van der Waals surface area contributed by atoms with E-state index in [1.165, 1.54) is 55.9 Å². The van der Waals surface area contributed by atoms with Crippen LogP contribution in [0.15, 0.2) is 48.5 Å². The summed E-state index contributed by atoms with van der Waals surface area (Å²) in [6.07, 6.45) is 0. The molecule has 2 rings (SSSR count). The van der Waals surface area contributed by atoms with Gasteiger partial charge in [-0.1, -0.05) is 45.5 Å². The van der Waals surface area contributed by atoms with Gasteiger partial charge in [-0.15, -0.1) is 0 Å². The summed E-state index contributed by atoms with van der Waals surface area (Å²) in [5.41, 5.74) is -0.759. The van der Waals surface area contributed by atoms with E-state index in [0.717, 1.165) is 0 Å². The van der Waals surface area contributed by atoms with Gasteiger partial charge in [0.1, 0.15) is 0 Å². The monoisotopic (exact) mass is 502 g/mol. The predicted octanol–water partition coefficient (Wildman–Crippen LogP) is 4.97. The molecule has 0 aromatic heterocycles. The van der Waals surface area contributed by atoms with E-state index in [1.54, 1.807) is 0 Å². The molecular formula is C21H30O8Y-2. The minimum absolute atomic E-state index is 0. The fraction of sp³-hybridized carbons (Fsp3) is 0.143. The summed E-state index contributed by atoms with van der Waals surface area (Å²) in [6.45, 7) is 4.00. The number of hydrogen-bond acceptors (Lipinski definition) is 4. The fourth-order valence-corrected chi connectivity index (χ4v) is 1.71. The molecule has 0 aliphatic heterocycles. The molecule has 8 nitrogen and oxygen atoms in total. The van der Waals surface area contributed by atoms with Crippen molar-refractivity contribution in [2.75, 3.05) is 0 Å². The predicted molar refractivity (Wildman–Crippen MR) is 114 cm³/mol. The number of carbonyl (C=O) groups is 4. The van der Waals surface area contributed by atoms with E-state index < -0.39 is 23.9 Å². The van der Waals surface area contributed by atoms with Crippen molar-refractivity contribution in [3.05, 3.63) is 85.6 Å². The molecule has 4 N–H and O–H groups in total. The van der Waals surface area contributed by atoms with Gasteiger partial charge >= 0.3 is 23.9 Å². The second-order valence-corrected chi connectivity index (χ2v) is 4.31. The molecule has 30 heavy (non-hydrogen) atoms. The summed E-state index contributed by atoms with van der Waals surface area (Å²) < 4.78 is 15.8. The molecule has 0 heterocycles. The van der Waals surface area contributed by atoms with E-state index in [4.69, 9.17) is 24.8 Å². The van der Waals surface area contributed by atoms with Gasteiger partial charge in [-0.2, -0.15) is 0 Å². The van der Waals surface area contributed by atoms with Crippen LogP contribution in [-0.2, 0) is 32.7 Å². The summed E-state index contributed by atoms with van der Waals surface area (Å²) in [4.78, 5) is 41.9. The van der Waals surface area contributed by atoms with Crippen LogP contribution in [-0.4, -0.2) is 44.3 Å². The molecular weight excluding hydrogens is 469 g/mol. The van der Waals surface area contributed by atoms with Gasteiger partial charge in [0.25, 0.3) is 0 Å². The zero-order chi connectivity index (χ0) is 24.3. The van der Waals surface area contributed by atoms with E-state index >= 15 is 0 Å². The number of hydrogen-bond donors (Lipinski definition) is 4. The van der Waals surface area contributed by atoms with Crippen LogP contribution in [0.5, 0.6) is 0 Å². The molecule has 0 saturated carbocycles. The average Bonchev–Trinajstić information content (AvgIpc) is 2.78. The molecule has 0 aliphatic rings. The van der Waals surface area contributed by atoms with Crippen LogP contribution in [0.25, 0.3) is 0 Å². The number of aromatic carboxylic acids is 4. The molecule has 9 heteroatoms. The van der Waals surface area contributed by atoms with Crippen molar-refractivity contribution in [3.63, 3.8) is 0 Å². The van der Waals surface area contributed by atoms with Gasteiger partial charge in [-0.05, 0) is 24.3 Å². The molecule has 0 amide bonds. The van der Waals surface area contributed by atoms with Crippen LogP contribution in [0.1, 0.15) is 67.0 Å². The van der Waals surface area contributed by atoms with Crippen LogP contribution in [0.2, 0.25) is 0 Å². The molecule has 0 spiro atoms. The number of rotatable bonds is 4. The van der Waals surface area contributed by atoms with Crippen molar-refractivity contribution in [1.82, 2.24) is 0 Å². The maximum absolute atomic E-state index is 10.5. The zero-order valence-corrected chi connectivity index (χ0v) is 20.5. The third kappa shape index (κ3) is 12.1. The van der Waals surface area contributed by atoms with Crippen LogP contribution in [0.3, 0.4) is 0 Å². The van der Waals surface area contributed by atoms with Crippen LogP contribution in [0, 0.1) is 14.9 Å². The van der Waals surface area contributed by atoms with Crippen molar-refractivity contribution in [2.24, 2.45) is 0 Å². The minimum atomic E-state index is -1.23. The van der Waals surface area contributed by atoms with Gasteiger partial charge in [0.05, 0.1) is 22.3 Å². The maximum atomic E-state index is 10.5. The van der Waals surface area contributed by atoms with Crippen molar-refractivity contribution in [3.8, 4) is 0 Å². The van der Waals surface area contributed by atoms with Gasteiger partial charge in [-0.3, -0.25) is 0 Å². The molecule has 2 aromatic carbocycles. The molecule has 2 aromatic rings. The third-order valence-corrected chi connectivity index (χ3v) is 2.78. The normalized spacial score (nSPS) is 8.17. The Morgan fingerprint density at radius 3 is 0.900 bits per heavy atom. The Morgan fingerprint density at radius 1 is 0.667 bits per heavy atom. The van der Waals surface area contributed by atoms with Gasteiger partial charge in [0.2, 0.25) is 0 Å². The van der Waals surface area contributed by atoms with Crippen LogP contribution in [0.4, 0.5) is 0 Å². The number of benzene rings is 2. The summed E-state index contributed by atoms with van der Waals surface area (Å²) >= 11 is 0. The minimum Gasteiger partial charge on any atom is -0.478 e. The second-order valence-electron chi connectivity index (χ2n) is 4.31. The van der Waals surface area contributed by atoms with Gasteiger partial charge < -0.3 is 35.3 Å². The molecule has 0 aliphatic carbocycles. The molecule has 167 valence electrons. The first kappa shape index (κ1) is 32.1. The smallest absolute Gasteiger partial charge is 0.336 e. The van der Waals surface area contributed by atoms with Crippen molar-refractivity contribution >= 4 is 23.9 Å². The van der Waals surface area contributed by atoms with Gasteiger partial charge in [0, 0.05) is 37.0 Å². The van der Waals surface area contributed by atoms with Gasteiger partial charge in [-0.25, -0.2) is 19.2 Å². The first-order chi connectivity index (χ1) is 14.3. The molecule has 0 saturated heterocycles. The fourth-order valence-electron chi connectivity index (χ4n) is 1.71. The first-order valence-corrected chi connectivity index (χ1v) is 7.37. The second kappa shape index (κ2) is 19.7. The van der Waals surface area contributed by atoms with Gasteiger partial charge in [0.15, 0.2) is 0 Å². The van der Waals surface area contributed by atoms with E-state index in [-0.39, 0.29) is 69.8 Å². The zero-order valence-electron chi connectivity index (χ0n) is 20.6. The van der Waals surface area contributed by atoms with E-state index in [9.17, 15) is 19.2 Å². The Kier molecular flexibility index (Phi) is 21.1. The van der Waals surface area contributed by atoms with E-state index in [2.05, 4.69) is 0 Å². The molecule has 0 atom stereocenters. The Balaban J connectivity index is -0.0000000837. The Bertz CT molecular complexity index is 684. The van der Waals surface area contributed by atoms with E-state index in [1.807, 2.05) is 13.8 Å². The third-order valence-electron chi connectivity index (χ3n) is 2.78. The Morgan fingerprint density at radius 2 is 0.800 bits per heavy atom. The average molecular weight is 502 g/mol. The number of carboxylic acid groups (broad SMARTS) is 4. The largest absolute Gasteiger partial charge is 0.478 e. The molecule has 0 unspecified atom stereocenters. The first-order valence-electron chi connectivity index (χ1n) is 9.37. The Hall–Kier alpha value is -2.58. The summed E-state index contributed by atoms with van der Waals surface area (Å²) in [5, 5.41) is 34.2. The van der Waals surface area contributed by atoms with Crippen molar-refractivity contribution < 1.29 is 76.7 Å². The van der Waals surface area contributed by atoms with Crippen LogP contribution >= 0.6 is 0 Å². The van der Waals surface area contributed by atoms with E-state index in [0.29, 0.717) is 0 Å². The standard InChI is InChI=1S/2C8H6O4.C2H6.CH4.2CH3.Y.H2/c2*9-7(10)5-3-1-2-4-6(5)8(11)12;1-2;;;;;/h2*1-4H,(H,9,10)(H,11,12);1-2H3;1H4;2*1H3;;1H/q;;;;2*-1;;/i;;;1D;;;;1+1D. The Labute approximate surface area is 206 Å². The topological polar surface area (TPSA) is 149 Å². The maximum Gasteiger partial charge on any atom is 0.336 e. The molecule has 0 fully saturated rings.